The van der Waals surface area contributed by atoms with E-state index in [4.69, 9.17) is 0 Å². The fraction of sp³-hybridized carbons (Fsp3) is 0.625. The molecular weight excluding hydrogens is 225 g/mol. The van der Waals surface area contributed by atoms with Gasteiger partial charge in [0.2, 0.25) is 0 Å². The summed E-state index contributed by atoms with van der Waals surface area (Å²) < 4.78 is 13.3. The molecular formula is C16H24FN. The molecule has 1 aromatic rings. The fourth-order valence-electron chi connectivity index (χ4n) is 3.25. The predicted octanol–water partition coefficient (Wildman–Crippen LogP) is 3.70. The number of halogens is 1. The zero-order valence-electron chi connectivity index (χ0n) is 11.7. The summed E-state index contributed by atoms with van der Waals surface area (Å²) in [5, 5.41) is 3.44. The summed E-state index contributed by atoms with van der Waals surface area (Å²) in [6, 6.07) is 5.74. The van der Waals surface area contributed by atoms with Crippen molar-refractivity contribution in [1.29, 1.82) is 0 Å². The first-order chi connectivity index (χ1) is 8.60. The first-order valence-electron chi connectivity index (χ1n) is 7.02. The molecule has 0 bridgehead atoms. The number of hydrogen-bond donors (Lipinski definition) is 1. The Morgan fingerprint density at radius 1 is 1.33 bits per heavy atom. The van der Waals surface area contributed by atoms with Gasteiger partial charge < -0.3 is 5.32 Å². The second kappa shape index (κ2) is 5.83. The van der Waals surface area contributed by atoms with E-state index in [9.17, 15) is 4.39 Å². The van der Waals surface area contributed by atoms with Crippen molar-refractivity contribution in [2.75, 3.05) is 7.05 Å². The van der Waals surface area contributed by atoms with Crippen molar-refractivity contribution >= 4 is 0 Å². The average molecular weight is 249 g/mol. The molecule has 1 nitrogen and oxygen atoms in total. The quantitative estimate of drug-likeness (QED) is 0.861. The van der Waals surface area contributed by atoms with Crippen LogP contribution in [0.3, 0.4) is 0 Å². The van der Waals surface area contributed by atoms with Crippen LogP contribution in [0.2, 0.25) is 0 Å². The van der Waals surface area contributed by atoms with Crippen LogP contribution >= 0.6 is 0 Å². The molecule has 18 heavy (non-hydrogen) atoms. The van der Waals surface area contributed by atoms with Crippen molar-refractivity contribution < 1.29 is 4.39 Å². The van der Waals surface area contributed by atoms with Gasteiger partial charge >= 0.3 is 0 Å². The highest BCUT2D eigenvalue weighted by Gasteiger charge is 2.27. The van der Waals surface area contributed by atoms with E-state index >= 15 is 0 Å². The highest BCUT2D eigenvalue weighted by molar-refractivity contribution is 5.27. The molecule has 1 fully saturated rings. The third kappa shape index (κ3) is 3.11. The molecule has 1 aliphatic rings. The summed E-state index contributed by atoms with van der Waals surface area (Å²) in [5.41, 5.74) is 2.39. The van der Waals surface area contributed by atoms with Gasteiger partial charge in [0.1, 0.15) is 5.82 Å². The van der Waals surface area contributed by atoms with E-state index in [1.165, 1.54) is 30.4 Å². The maximum atomic E-state index is 13.3. The number of rotatable bonds is 3. The highest BCUT2D eigenvalue weighted by atomic mass is 19.1. The number of hydrogen-bond acceptors (Lipinski definition) is 1. The number of benzene rings is 1. The maximum Gasteiger partial charge on any atom is 0.123 e. The van der Waals surface area contributed by atoms with E-state index in [0.717, 1.165) is 12.3 Å². The van der Waals surface area contributed by atoms with Crippen LogP contribution in [-0.2, 0) is 6.42 Å². The first-order valence-corrected chi connectivity index (χ1v) is 7.02. The standard InChI is InChI=1S/C16H24FN/c1-11-4-7-16(18-3)14(8-11)9-13-10-15(17)6-5-12(13)2/h5-6,10-11,14,16,18H,4,7-9H2,1-3H3. The minimum Gasteiger partial charge on any atom is -0.317 e. The molecule has 0 heterocycles. The van der Waals surface area contributed by atoms with Crippen molar-refractivity contribution in [1.82, 2.24) is 5.32 Å². The smallest absolute Gasteiger partial charge is 0.123 e. The molecule has 0 aliphatic heterocycles. The van der Waals surface area contributed by atoms with Crippen molar-refractivity contribution in [3.63, 3.8) is 0 Å². The molecule has 1 aliphatic carbocycles. The van der Waals surface area contributed by atoms with E-state index in [2.05, 4.69) is 19.2 Å². The zero-order valence-corrected chi connectivity index (χ0v) is 11.7. The summed E-state index contributed by atoms with van der Waals surface area (Å²) in [5.74, 6) is 1.33. The molecule has 2 rings (SSSR count). The van der Waals surface area contributed by atoms with Crippen molar-refractivity contribution in [2.24, 2.45) is 11.8 Å². The van der Waals surface area contributed by atoms with Gasteiger partial charge in [-0.25, -0.2) is 4.39 Å². The van der Waals surface area contributed by atoms with Gasteiger partial charge in [-0.1, -0.05) is 13.0 Å². The van der Waals surface area contributed by atoms with E-state index in [1.54, 1.807) is 12.1 Å². The Balaban J connectivity index is 2.12. The van der Waals surface area contributed by atoms with Crippen LogP contribution in [0.15, 0.2) is 18.2 Å². The lowest BCUT2D eigenvalue weighted by molar-refractivity contribution is 0.220. The SMILES string of the molecule is CNC1CCC(C)CC1Cc1cc(F)ccc1C. The van der Waals surface area contributed by atoms with Crippen LogP contribution in [0.5, 0.6) is 0 Å². The van der Waals surface area contributed by atoms with Gasteiger partial charge in [-0.2, -0.15) is 0 Å². The minimum absolute atomic E-state index is 0.111. The predicted molar refractivity (Wildman–Crippen MR) is 74.2 cm³/mol. The lowest BCUT2D eigenvalue weighted by atomic mass is 9.75. The molecule has 3 atom stereocenters. The van der Waals surface area contributed by atoms with E-state index in [-0.39, 0.29) is 5.82 Å². The molecule has 0 aromatic heterocycles. The lowest BCUT2D eigenvalue weighted by Gasteiger charge is -2.35. The topological polar surface area (TPSA) is 12.0 Å². The normalized spacial score (nSPS) is 28.3. The largest absolute Gasteiger partial charge is 0.317 e. The molecule has 1 saturated carbocycles. The van der Waals surface area contributed by atoms with Crippen LogP contribution in [0.1, 0.15) is 37.3 Å². The van der Waals surface area contributed by atoms with E-state index in [1.807, 2.05) is 13.1 Å². The van der Waals surface area contributed by atoms with Crippen LogP contribution in [-0.4, -0.2) is 13.1 Å². The second-order valence-electron chi connectivity index (χ2n) is 5.85. The van der Waals surface area contributed by atoms with Crippen molar-refractivity contribution in [2.45, 2.75) is 45.6 Å². The molecule has 1 N–H and O–H groups in total. The highest BCUT2D eigenvalue weighted by Crippen LogP contribution is 2.32. The van der Waals surface area contributed by atoms with E-state index < -0.39 is 0 Å². The van der Waals surface area contributed by atoms with Crippen molar-refractivity contribution in [3.05, 3.63) is 35.1 Å². The van der Waals surface area contributed by atoms with Gasteiger partial charge in [0.15, 0.2) is 0 Å². The minimum atomic E-state index is -0.111. The molecule has 1 aromatic carbocycles. The van der Waals surface area contributed by atoms with Gasteiger partial charge in [-0.15, -0.1) is 0 Å². The van der Waals surface area contributed by atoms with Crippen LogP contribution in [0.25, 0.3) is 0 Å². The Kier molecular flexibility index (Phi) is 4.39. The summed E-state index contributed by atoms with van der Waals surface area (Å²) in [6.07, 6.45) is 4.81. The second-order valence-corrected chi connectivity index (χ2v) is 5.85. The summed E-state index contributed by atoms with van der Waals surface area (Å²) in [6.45, 7) is 4.41. The van der Waals surface area contributed by atoms with Gasteiger partial charge in [-0.3, -0.25) is 0 Å². The lowest BCUT2D eigenvalue weighted by Crippen LogP contribution is -2.39. The Morgan fingerprint density at radius 3 is 2.83 bits per heavy atom. The molecule has 2 heteroatoms. The zero-order chi connectivity index (χ0) is 13.1. The van der Waals surface area contributed by atoms with Gasteiger partial charge in [0.05, 0.1) is 0 Å². The molecule has 0 spiro atoms. The van der Waals surface area contributed by atoms with Crippen LogP contribution < -0.4 is 5.32 Å². The molecule has 0 amide bonds. The Labute approximate surface area is 110 Å². The number of nitrogens with one attached hydrogen (secondary N) is 1. The van der Waals surface area contributed by atoms with Gasteiger partial charge in [0.25, 0.3) is 0 Å². The third-order valence-electron chi connectivity index (χ3n) is 4.41. The average Bonchev–Trinajstić information content (AvgIpc) is 2.34. The molecule has 0 saturated heterocycles. The summed E-state index contributed by atoms with van der Waals surface area (Å²) in [4.78, 5) is 0. The van der Waals surface area contributed by atoms with Gasteiger partial charge in [-0.05, 0) is 74.8 Å². The van der Waals surface area contributed by atoms with Crippen molar-refractivity contribution in [3.8, 4) is 0 Å². The Bertz CT molecular complexity index is 402. The first kappa shape index (κ1) is 13.5. The third-order valence-corrected chi connectivity index (χ3v) is 4.41. The summed E-state index contributed by atoms with van der Waals surface area (Å²) >= 11 is 0. The molecule has 3 unspecified atom stereocenters. The Hall–Kier alpha value is -0.890. The van der Waals surface area contributed by atoms with Gasteiger partial charge in [0, 0.05) is 6.04 Å². The molecule has 100 valence electrons. The monoisotopic (exact) mass is 249 g/mol. The van der Waals surface area contributed by atoms with Crippen LogP contribution in [0, 0.1) is 24.6 Å². The summed E-state index contributed by atoms with van der Waals surface area (Å²) in [7, 11) is 2.05. The van der Waals surface area contributed by atoms with Crippen LogP contribution in [0.4, 0.5) is 4.39 Å². The fourth-order valence-corrected chi connectivity index (χ4v) is 3.25. The maximum absolute atomic E-state index is 13.3. The molecule has 0 radical (unpaired) electrons. The Morgan fingerprint density at radius 2 is 2.11 bits per heavy atom. The number of aryl methyl sites for hydroxylation is 1. The van der Waals surface area contributed by atoms with E-state index in [0.29, 0.717) is 12.0 Å².